The van der Waals surface area contributed by atoms with Gasteiger partial charge in [-0.15, -0.1) is 0 Å². The van der Waals surface area contributed by atoms with Crippen LogP contribution in [0.1, 0.15) is 36.5 Å². The summed E-state index contributed by atoms with van der Waals surface area (Å²) >= 11 is 0. The molecule has 0 radical (unpaired) electrons. The third kappa shape index (κ3) is 4.47. The van der Waals surface area contributed by atoms with E-state index in [0.717, 1.165) is 11.1 Å². The van der Waals surface area contributed by atoms with Crippen molar-refractivity contribution in [3.63, 3.8) is 0 Å². The number of benzene rings is 2. The molecule has 1 unspecified atom stereocenters. The molecule has 0 saturated carbocycles. The van der Waals surface area contributed by atoms with Crippen LogP contribution >= 0.6 is 0 Å². The third-order valence-corrected chi connectivity index (χ3v) is 4.80. The lowest BCUT2D eigenvalue weighted by molar-refractivity contribution is -0.139. The molecular formula is C24H24N2O4. The third-order valence-electron chi connectivity index (χ3n) is 4.80. The lowest BCUT2D eigenvalue weighted by Crippen LogP contribution is -2.25. The zero-order valence-corrected chi connectivity index (χ0v) is 17.3. The Bertz CT molecular complexity index is 1050. The van der Waals surface area contributed by atoms with E-state index in [0.29, 0.717) is 18.1 Å². The number of hydrogen-bond donors (Lipinski definition) is 1. The van der Waals surface area contributed by atoms with Crippen molar-refractivity contribution in [2.75, 3.05) is 6.61 Å². The number of esters is 1. The number of allylic oxidation sites excluding steroid dienone is 2. The van der Waals surface area contributed by atoms with Crippen LogP contribution in [0.4, 0.5) is 0 Å². The summed E-state index contributed by atoms with van der Waals surface area (Å²) in [6, 6.07) is 17.4. The topological polar surface area (TPSA) is 94.6 Å². The molecule has 1 aliphatic rings. The molecule has 0 saturated heterocycles. The number of rotatable bonds is 6. The minimum Gasteiger partial charge on any atom is -0.489 e. The minimum absolute atomic E-state index is 0.00665. The Morgan fingerprint density at radius 2 is 1.93 bits per heavy atom. The van der Waals surface area contributed by atoms with Gasteiger partial charge in [-0.1, -0.05) is 42.0 Å². The van der Waals surface area contributed by atoms with Crippen molar-refractivity contribution in [1.29, 1.82) is 5.26 Å². The number of aryl methyl sites for hydroxylation is 1. The molecule has 1 heterocycles. The Kier molecular flexibility index (Phi) is 6.43. The Morgan fingerprint density at radius 1 is 1.20 bits per heavy atom. The van der Waals surface area contributed by atoms with Gasteiger partial charge in [0.05, 0.1) is 18.1 Å². The first-order valence-electron chi connectivity index (χ1n) is 9.68. The van der Waals surface area contributed by atoms with E-state index >= 15 is 0 Å². The SMILES string of the molecule is CCOC(=O)C1=C(C)OC(N)=C(C#N)C1c1ccc(OCc2cccc(C)c2)cc1. The molecule has 3 rings (SSSR count). The van der Waals surface area contributed by atoms with E-state index in [1.165, 1.54) is 5.56 Å². The molecule has 0 amide bonds. The van der Waals surface area contributed by atoms with Gasteiger partial charge in [-0.2, -0.15) is 5.26 Å². The number of carbonyl (C=O) groups is 1. The second-order valence-electron chi connectivity index (χ2n) is 6.96. The maximum atomic E-state index is 12.6. The maximum Gasteiger partial charge on any atom is 0.338 e. The summed E-state index contributed by atoms with van der Waals surface area (Å²) < 4.78 is 16.5. The van der Waals surface area contributed by atoms with Crippen molar-refractivity contribution in [1.82, 2.24) is 0 Å². The molecule has 2 aromatic carbocycles. The normalized spacial score (nSPS) is 16.0. The molecule has 2 aromatic rings. The van der Waals surface area contributed by atoms with Gasteiger partial charge in [0.25, 0.3) is 0 Å². The quantitative estimate of drug-likeness (QED) is 0.725. The first-order valence-corrected chi connectivity index (χ1v) is 9.68. The Labute approximate surface area is 176 Å². The van der Waals surface area contributed by atoms with Crippen molar-refractivity contribution in [2.24, 2.45) is 5.73 Å². The molecule has 0 fully saturated rings. The second kappa shape index (κ2) is 9.19. The van der Waals surface area contributed by atoms with Crippen LogP contribution in [0.3, 0.4) is 0 Å². The van der Waals surface area contributed by atoms with E-state index < -0.39 is 11.9 Å². The highest BCUT2D eigenvalue weighted by atomic mass is 16.5. The predicted octanol–water partition coefficient (Wildman–Crippen LogP) is 4.22. The van der Waals surface area contributed by atoms with Crippen LogP contribution in [-0.4, -0.2) is 12.6 Å². The van der Waals surface area contributed by atoms with Crippen molar-refractivity contribution in [2.45, 2.75) is 33.3 Å². The molecule has 1 atom stereocenters. The zero-order valence-electron chi connectivity index (χ0n) is 17.3. The monoisotopic (exact) mass is 404 g/mol. The fraction of sp³-hybridized carbons (Fsp3) is 0.250. The van der Waals surface area contributed by atoms with Crippen LogP contribution in [0.25, 0.3) is 0 Å². The number of hydrogen-bond acceptors (Lipinski definition) is 6. The second-order valence-corrected chi connectivity index (χ2v) is 6.96. The molecule has 0 bridgehead atoms. The van der Waals surface area contributed by atoms with E-state index in [1.807, 2.05) is 49.4 Å². The van der Waals surface area contributed by atoms with Crippen LogP contribution in [0.5, 0.6) is 5.75 Å². The summed E-state index contributed by atoms with van der Waals surface area (Å²) in [4.78, 5) is 12.6. The molecule has 6 nitrogen and oxygen atoms in total. The molecule has 0 aromatic heterocycles. The molecule has 30 heavy (non-hydrogen) atoms. The molecule has 2 N–H and O–H groups in total. The van der Waals surface area contributed by atoms with E-state index in [1.54, 1.807) is 13.8 Å². The van der Waals surface area contributed by atoms with Gasteiger partial charge in [-0.25, -0.2) is 4.79 Å². The highest BCUT2D eigenvalue weighted by Gasteiger charge is 2.36. The molecule has 154 valence electrons. The maximum absolute atomic E-state index is 12.6. The fourth-order valence-corrected chi connectivity index (χ4v) is 3.41. The van der Waals surface area contributed by atoms with Gasteiger partial charge in [0.1, 0.15) is 29.8 Å². The smallest absolute Gasteiger partial charge is 0.338 e. The van der Waals surface area contributed by atoms with E-state index in [2.05, 4.69) is 12.1 Å². The first-order chi connectivity index (χ1) is 14.4. The zero-order chi connectivity index (χ0) is 21.7. The molecular weight excluding hydrogens is 380 g/mol. The Hall–Kier alpha value is -3.72. The number of nitrogens with zero attached hydrogens (tertiary/aromatic N) is 1. The van der Waals surface area contributed by atoms with Gasteiger partial charge in [0, 0.05) is 0 Å². The summed E-state index contributed by atoms with van der Waals surface area (Å²) in [6.45, 7) is 6.06. The van der Waals surface area contributed by atoms with Gasteiger partial charge < -0.3 is 19.9 Å². The van der Waals surface area contributed by atoms with Crippen LogP contribution < -0.4 is 10.5 Å². The molecule has 1 aliphatic heterocycles. The number of ether oxygens (including phenoxy) is 3. The van der Waals surface area contributed by atoms with Crippen LogP contribution in [0.15, 0.2) is 71.3 Å². The van der Waals surface area contributed by atoms with Crippen molar-refractivity contribution in [3.8, 4) is 11.8 Å². The Balaban J connectivity index is 1.86. The summed E-state index contributed by atoms with van der Waals surface area (Å²) in [7, 11) is 0. The number of nitriles is 1. The fourth-order valence-electron chi connectivity index (χ4n) is 3.41. The summed E-state index contributed by atoms with van der Waals surface area (Å²) in [5.74, 6) is -0.183. The standard InChI is InChI=1S/C24H24N2O4/c1-4-28-24(27)21-16(3)30-23(26)20(13-25)22(21)18-8-10-19(11-9-18)29-14-17-7-5-6-15(2)12-17/h5-12,22H,4,14,26H2,1-3H3. The van der Waals surface area contributed by atoms with E-state index in [9.17, 15) is 10.1 Å². The lowest BCUT2D eigenvalue weighted by Gasteiger charge is -2.26. The summed E-state index contributed by atoms with van der Waals surface area (Å²) in [5.41, 5.74) is 9.35. The van der Waals surface area contributed by atoms with Crippen LogP contribution in [0.2, 0.25) is 0 Å². The van der Waals surface area contributed by atoms with E-state index in [4.69, 9.17) is 19.9 Å². The summed E-state index contributed by atoms with van der Waals surface area (Å²) in [6.07, 6.45) is 0. The Morgan fingerprint density at radius 3 is 2.57 bits per heavy atom. The number of carbonyl (C=O) groups excluding carboxylic acids is 1. The van der Waals surface area contributed by atoms with Crippen LogP contribution in [-0.2, 0) is 20.9 Å². The minimum atomic E-state index is -0.659. The average Bonchev–Trinajstić information content (AvgIpc) is 2.72. The molecule has 0 spiro atoms. The van der Waals surface area contributed by atoms with Crippen molar-refractivity contribution >= 4 is 5.97 Å². The number of nitrogens with two attached hydrogens (primary N) is 1. The molecule has 0 aliphatic carbocycles. The average molecular weight is 404 g/mol. The highest BCUT2D eigenvalue weighted by Crippen LogP contribution is 2.40. The summed E-state index contributed by atoms with van der Waals surface area (Å²) in [5, 5.41) is 9.63. The first kappa shape index (κ1) is 21.0. The molecule has 6 heteroatoms. The van der Waals surface area contributed by atoms with Crippen LogP contribution in [0, 0.1) is 18.3 Å². The largest absolute Gasteiger partial charge is 0.489 e. The van der Waals surface area contributed by atoms with E-state index in [-0.39, 0.29) is 23.6 Å². The lowest BCUT2D eigenvalue weighted by atomic mass is 9.83. The van der Waals surface area contributed by atoms with Gasteiger partial charge in [-0.3, -0.25) is 0 Å². The van der Waals surface area contributed by atoms with Gasteiger partial charge in [-0.05, 0) is 44.0 Å². The van der Waals surface area contributed by atoms with Crippen molar-refractivity contribution in [3.05, 3.63) is 88.0 Å². The van der Waals surface area contributed by atoms with Gasteiger partial charge >= 0.3 is 5.97 Å². The van der Waals surface area contributed by atoms with Gasteiger partial charge in [0.2, 0.25) is 5.88 Å². The van der Waals surface area contributed by atoms with Crippen molar-refractivity contribution < 1.29 is 19.0 Å². The highest BCUT2D eigenvalue weighted by molar-refractivity contribution is 5.92. The van der Waals surface area contributed by atoms with Gasteiger partial charge in [0.15, 0.2) is 0 Å². The predicted molar refractivity (Wildman–Crippen MR) is 112 cm³/mol.